The van der Waals surface area contributed by atoms with Crippen molar-refractivity contribution in [2.45, 2.75) is 13.8 Å². The Balaban J connectivity index is 1.91. The summed E-state index contributed by atoms with van der Waals surface area (Å²) in [4.78, 5) is 11.6. The van der Waals surface area contributed by atoms with Gasteiger partial charge in [-0.05, 0) is 31.5 Å². The Labute approximate surface area is 115 Å². The molecule has 0 aliphatic carbocycles. The lowest BCUT2D eigenvalue weighted by molar-refractivity contribution is -0.118. The van der Waals surface area contributed by atoms with E-state index in [9.17, 15) is 4.79 Å². The number of hydrogen-bond acceptors (Lipinski definition) is 4. The molecule has 2 aromatic rings. The summed E-state index contributed by atoms with van der Waals surface area (Å²) >= 11 is 5.96. The minimum atomic E-state index is -0.328. The molecular formula is C13H13ClN2O3. The molecule has 0 fully saturated rings. The fraction of sp³-hybridized carbons (Fsp3) is 0.231. The Bertz CT molecular complexity index is 595. The summed E-state index contributed by atoms with van der Waals surface area (Å²) in [7, 11) is 0. The zero-order chi connectivity index (χ0) is 13.8. The Morgan fingerprint density at radius 2 is 2.21 bits per heavy atom. The van der Waals surface area contributed by atoms with Gasteiger partial charge >= 0.3 is 0 Å². The number of aromatic nitrogens is 1. The third-order valence-corrected chi connectivity index (χ3v) is 2.65. The van der Waals surface area contributed by atoms with Gasteiger partial charge in [-0.25, -0.2) is 0 Å². The minimum Gasteiger partial charge on any atom is -0.482 e. The highest BCUT2D eigenvalue weighted by Gasteiger charge is 2.08. The second kappa shape index (κ2) is 5.75. The number of nitrogens with zero attached hydrogens (tertiary/aromatic N) is 1. The van der Waals surface area contributed by atoms with Gasteiger partial charge in [0.25, 0.3) is 5.91 Å². The minimum absolute atomic E-state index is 0.144. The van der Waals surface area contributed by atoms with Gasteiger partial charge in [-0.3, -0.25) is 4.79 Å². The van der Waals surface area contributed by atoms with E-state index in [0.717, 1.165) is 5.56 Å². The van der Waals surface area contributed by atoms with E-state index in [-0.39, 0.29) is 12.5 Å². The SMILES string of the molecule is Cc1ccc(Cl)c(OCC(=O)Nc2cc(C)on2)c1. The van der Waals surface area contributed by atoms with Gasteiger partial charge in [-0.1, -0.05) is 22.8 Å². The van der Waals surface area contributed by atoms with Gasteiger partial charge in [0.1, 0.15) is 11.5 Å². The summed E-state index contributed by atoms with van der Waals surface area (Å²) in [5.41, 5.74) is 1.01. The van der Waals surface area contributed by atoms with Crippen molar-refractivity contribution < 1.29 is 14.1 Å². The lowest BCUT2D eigenvalue weighted by Crippen LogP contribution is -2.20. The van der Waals surface area contributed by atoms with Gasteiger partial charge < -0.3 is 14.6 Å². The summed E-state index contributed by atoms with van der Waals surface area (Å²) in [6.07, 6.45) is 0. The summed E-state index contributed by atoms with van der Waals surface area (Å²) in [5.74, 6) is 1.14. The largest absolute Gasteiger partial charge is 0.482 e. The van der Waals surface area contributed by atoms with E-state index in [1.807, 2.05) is 13.0 Å². The topological polar surface area (TPSA) is 64.4 Å². The number of benzene rings is 1. The molecule has 0 unspecified atom stereocenters. The zero-order valence-corrected chi connectivity index (χ0v) is 11.3. The van der Waals surface area contributed by atoms with Crippen molar-refractivity contribution in [3.05, 3.63) is 40.6 Å². The van der Waals surface area contributed by atoms with Gasteiger partial charge in [0.05, 0.1) is 5.02 Å². The number of aryl methyl sites for hydroxylation is 2. The van der Waals surface area contributed by atoms with E-state index in [0.29, 0.717) is 22.4 Å². The van der Waals surface area contributed by atoms with Crippen LogP contribution in [0.2, 0.25) is 5.02 Å². The van der Waals surface area contributed by atoms with Crippen LogP contribution >= 0.6 is 11.6 Å². The van der Waals surface area contributed by atoms with E-state index >= 15 is 0 Å². The first-order chi connectivity index (χ1) is 9.04. The van der Waals surface area contributed by atoms with Crippen LogP contribution in [0.5, 0.6) is 5.75 Å². The van der Waals surface area contributed by atoms with Crippen molar-refractivity contribution in [2.24, 2.45) is 0 Å². The van der Waals surface area contributed by atoms with Crippen LogP contribution in [0.15, 0.2) is 28.8 Å². The molecule has 1 amide bonds. The molecular weight excluding hydrogens is 268 g/mol. The second-order valence-electron chi connectivity index (χ2n) is 4.09. The lowest BCUT2D eigenvalue weighted by atomic mass is 10.2. The van der Waals surface area contributed by atoms with Crippen LogP contribution in [-0.4, -0.2) is 17.7 Å². The molecule has 19 heavy (non-hydrogen) atoms. The summed E-state index contributed by atoms with van der Waals surface area (Å²) < 4.78 is 10.2. The molecule has 6 heteroatoms. The molecule has 2 rings (SSSR count). The van der Waals surface area contributed by atoms with E-state index in [1.54, 1.807) is 25.1 Å². The molecule has 1 heterocycles. The highest BCUT2D eigenvalue weighted by Crippen LogP contribution is 2.25. The molecule has 0 aliphatic rings. The summed E-state index contributed by atoms with van der Waals surface area (Å²) in [6.45, 7) is 3.52. The van der Waals surface area contributed by atoms with Crippen LogP contribution in [0.3, 0.4) is 0 Å². The van der Waals surface area contributed by atoms with Crippen LogP contribution < -0.4 is 10.1 Å². The predicted octanol–water partition coefficient (Wildman–Crippen LogP) is 2.96. The number of halogens is 1. The molecule has 0 bridgehead atoms. The van der Waals surface area contributed by atoms with Crippen molar-refractivity contribution in [1.29, 1.82) is 0 Å². The Kier molecular flexibility index (Phi) is 4.06. The number of ether oxygens (including phenoxy) is 1. The average Bonchev–Trinajstić information content (AvgIpc) is 2.76. The summed E-state index contributed by atoms with van der Waals surface area (Å²) in [6, 6.07) is 6.99. The molecule has 0 atom stereocenters. The fourth-order valence-electron chi connectivity index (χ4n) is 1.47. The van der Waals surface area contributed by atoms with Crippen LogP contribution in [0.1, 0.15) is 11.3 Å². The van der Waals surface area contributed by atoms with Gasteiger partial charge in [-0.15, -0.1) is 0 Å². The summed E-state index contributed by atoms with van der Waals surface area (Å²) in [5, 5.41) is 6.68. The number of carbonyl (C=O) groups is 1. The Morgan fingerprint density at radius 3 is 2.89 bits per heavy atom. The predicted molar refractivity (Wildman–Crippen MR) is 71.6 cm³/mol. The first-order valence-corrected chi connectivity index (χ1v) is 6.04. The average molecular weight is 281 g/mol. The van der Waals surface area contributed by atoms with Crippen molar-refractivity contribution in [2.75, 3.05) is 11.9 Å². The molecule has 100 valence electrons. The highest BCUT2D eigenvalue weighted by molar-refractivity contribution is 6.32. The van der Waals surface area contributed by atoms with Gasteiger partial charge in [0.2, 0.25) is 0 Å². The van der Waals surface area contributed by atoms with Crippen molar-refractivity contribution in [1.82, 2.24) is 5.16 Å². The molecule has 1 N–H and O–H groups in total. The normalized spacial score (nSPS) is 10.3. The van der Waals surface area contributed by atoms with E-state index < -0.39 is 0 Å². The number of rotatable bonds is 4. The first-order valence-electron chi connectivity index (χ1n) is 5.67. The molecule has 0 saturated heterocycles. The van der Waals surface area contributed by atoms with Crippen LogP contribution in [0, 0.1) is 13.8 Å². The van der Waals surface area contributed by atoms with E-state index in [4.69, 9.17) is 20.9 Å². The number of nitrogens with one attached hydrogen (secondary N) is 1. The molecule has 0 radical (unpaired) electrons. The van der Waals surface area contributed by atoms with Crippen LogP contribution in [0.4, 0.5) is 5.82 Å². The van der Waals surface area contributed by atoms with Crippen LogP contribution in [-0.2, 0) is 4.79 Å². The molecule has 0 aliphatic heterocycles. The third kappa shape index (κ3) is 3.72. The lowest BCUT2D eigenvalue weighted by Gasteiger charge is -2.08. The Hall–Kier alpha value is -2.01. The maximum atomic E-state index is 11.6. The van der Waals surface area contributed by atoms with E-state index in [1.165, 1.54) is 0 Å². The van der Waals surface area contributed by atoms with Crippen molar-refractivity contribution >= 4 is 23.3 Å². The highest BCUT2D eigenvalue weighted by atomic mass is 35.5. The number of anilines is 1. The van der Waals surface area contributed by atoms with Crippen molar-refractivity contribution in [3.63, 3.8) is 0 Å². The van der Waals surface area contributed by atoms with Gasteiger partial charge in [0.15, 0.2) is 12.4 Å². The monoisotopic (exact) mass is 280 g/mol. The fourth-order valence-corrected chi connectivity index (χ4v) is 1.64. The molecule has 0 spiro atoms. The zero-order valence-electron chi connectivity index (χ0n) is 10.6. The van der Waals surface area contributed by atoms with E-state index in [2.05, 4.69) is 10.5 Å². The van der Waals surface area contributed by atoms with Crippen LogP contribution in [0.25, 0.3) is 0 Å². The van der Waals surface area contributed by atoms with Gasteiger partial charge in [0, 0.05) is 6.07 Å². The number of carbonyl (C=O) groups excluding carboxylic acids is 1. The molecule has 1 aromatic carbocycles. The number of hydrogen-bond donors (Lipinski definition) is 1. The quantitative estimate of drug-likeness (QED) is 0.935. The second-order valence-corrected chi connectivity index (χ2v) is 4.50. The third-order valence-electron chi connectivity index (χ3n) is 2.34. The van der Waals surface area contributed by atoms with Gasteiger partial charge in [-0.2, -0.15) is 0 Å². The van der Waals surface area contributed by atoms with Crippen molar-refractivity contribution in [3.8, 4) is 5.75 Å². The maximum absolute atomic E-state index is 11.6. The number of amides is 1. The molecule has 0 saturated carbocycles. The molecule has 1 aromatic heterocycles. The molecule has 5 nitrogen and oxygen atoms in total. The standard InChI is InChI=1S/C13H13ClN2O3/c1-8-3-4-10(14)11(5-8)18-7-13(17)15-12-6-9(2)19-16-12/h3-6H,7H2,1-2H3,(H,15,16,17). The maximum Gasteiger partial charge on any atom is 0.263 e. The first kappa shape index (κ1) is 13.4. The Morgan fingerprint density at radius 1 is 1.42 bits per heavy atom. The smallest absolute Gasteiger partial charge is 0.263 e.